The molecule has 8 heteroatoms. The number of likely N-dealkylation sites (tertiary alicyclic amines) is 1. The molecule has 0 bridgehead atoms. The minimum absolute atomic E-state index is 0.0219. The minimum Gasteiger partial charge on any atom is -0.494 e. The van der Waals surface area contributed by atoms with Crippen molar-refractivity contribution in [3.8, 4) is 5.75 Å². The Morgan fingerprint density at radius 2 is 2.00 bits per heavy atom. The number of rotatable bonds is 8. The van der Waals surface area contributed by atoms with Crippen molar-refractivity contribution in [2.45, 2.75) is 38.6 Å². The molecule has 2 fully saturated rings. The number of hydrogen-bond donors (Lipinski definition) is 1. The van der Waals surface area contributed by atoms with Crippen molar-refractivity contribution in [2.75, 3.05) is 31.2 Å². The van der Waals surface area contributed by atoms with Crippen LogP contribution in [0.4, 0.5) is 0 Å². The first-order valence-electron chi connectivity index (χ1n) is 9.81. The molecule has 0 aliphatic carbocycles. The van der Waals surface area contributed by atoms with Gasteiger partial charge in [-0.05, 0) is 38.3 Å². The van der Waals surface area contributed by atoms with Crippen molar-refractivity contribution in [3.05, 3.63) is 29.8 Å². The average Bonchev–Trinajstić information content (AvgIpc) is 3.21. The molecule has 0 aromatic heterocycles. The van der Waals surface area contributed by atoms with E-state index in [9.17, 15) is 18.0 Å². The third-order valence-corrected chi connectivity index (χ3v) is 7.09. The Bertz CT molecular complexity index is 806. The van der Waals surface area contributed by atoms with E-state index >= 15 is 0 Å². The molecule has 0 saturated carbocycles. The number of nitrogens with one attached hydrogen (secondary N) is 1. The van der Waals surface area contributed by atoms with Crippen LogP contribution in [0.15, 0.2) is 24.3 Å². The summed E-state index contributed by atoms with van der Waals surface area (Å²) in [7, 11) is -3.05. The van der Waals surface area contributed by atoms with Crippen molar-refractivity contribution >= 4 is 21.7 Å². The van der Waals surface area contributed by atoms with E-state index in [1.54, 1.807) is 4.90 Å². The van der Waals surface area contributed by atoms with Gasteiger partial charge in [0.15, 0.2) is 9.84 Å². The normalized spacial score (nSPS) is 23.8. The highest BCUT2D eigenvalue weighted by Gasteiger charge is 2.41. The zero-order chi connectivity index (χ0) is 20.1. The number of unbranched alkanes of at least 4 members (excludes halogenated alkanes) is 1. The van der Waals surface area contributed by atoms with Crippen LogP contribution in [0.3, 0.4) is 0 Å². The van der Waals surface area contributed by atoms with Crippen LogP contribution in [-0.4, -0.2) is 62.4 Å². The van der Waals surface area contributed by atoms with Crippen LogP contribution in [0.5, 0.6) is 5.75 Å². The van der Waals surface area contributed by atoms with E-state index in [0.29, 0.717) is 26.1 Å². The van der Waals surface area contributed by atoms with Crippen LogP contribution in [0, 0.1) is 12.8 Å². The molecule has 154 valence electrons. The lowest BCUT2D eigenvalue weighted by molar-refractivity contribution is -0.130. The molecule has 1 N–H and O–H groups in total. The quantitative estimate of drug-likeness (QED) is 0.655. The molecule has 0 unspecified atom stereocenters. The summed E-state index contributed by atoms with van der Waals surface area (Å²) < 4.78 is 28.9. The summed E-state index contributed by atoms with van der Waals surface area (Å²) in [6.45, 7) is 3.48. The molecular weight excluding hydrogens is 380 g/mol. The molecule has 0 spiro atoms. The molecule has 2 saturated heterocycles. The zero-order valence-corrected chi connectivity index (χ0v) is 17.0. The molecule has 1 aromatic carbocycles. The first-order chi connectivity index (χ1) is 13.3. The van der Waals surface area contributed by atoms with Gasteiger partial charge in [0, 0.05) is 25.6 Å². The summed E-state index contributed by atoms with van der Waals surface area (Å²) in [6.07, 6.45) is 2.26. The third kappa shape index (κ3) is 5.47. The fourth-order valence-corrected chi connectivity index (χ4v) is 5.42. The molecule has 2 aliphatic heterocycles. The Balaban J connectivity index is 1.33. The summed E-state index contributed by atoms with van der Waals surface area (Å²) in [5.74, 6) is 0.356. The zero-order valence-electron chi connectivity index (χ0n) is 16.2. The maximum atomic E-state index is 12.3. The molecule has 2 atom stereocenters. The highest BCUT2D eigenvalue weighted by Crippen LogP contribution is 2.26. The van der Waals surface area contributed by atoms with Gasteiger partial charge in [-0.15, -0.1) is 0 Å². The highest BCUT2D eigenvalue weighted by molar-refractivity contribution is 7.91. The summed E-state index contributed by atoms with van der Waals surface area (Å²) in [5.41, 5.74) is 1.19. The van der Waals surface area contributed by atoms with E-state index < -0.39 is 9.84 Å². The van der Waals surface area contributed by atoms with Gasteiger partial charge in [-0.1, -0.05) is 17.7 Å². The van der Waals surface area contributed by atoms with E-state index in [0.717, 1.165) is 18.6 Å². The highest BCUT2D eigenvalue weighted by atomic mass is 32.2. The van der Waals surface area contributed by atoms with Crippen molar-refractivity contribution in [1.82, 2.24) is 10.2 Å². The lowest BCUT2D eigenvalue weighted by Crippen LogP contribution is -2.39. The Kier molecular flexibility index (Phi) is 6.59. The fraction of sp³-hybridized carbons (Fsp3) is 0.600. The predicted molar refractivity (Wildman–Crippen MR) is 106 cm³/mol. The first-order valence-corrected chi connectivity index (χ1v) is 11.6. The number of sulfone groups is 1. The predicted octanol–water partition coefficient (Wildman–Crippen LogP) is 1.31. The maximum Gasteiger partial charge on any atom is 0.225 e. The number of ether oxygens (including phenoxy) is 1. The summed E-state index contributed by atoms with van der Waals surface area (Å²) >= 11 is 0. The Morgan fingerprint density at radius 1 is 1.25 bits per heavy atom. The van der Waals surface area contributed by atoms with Gasteiger partial charge in [-0.25, -0.2) is 8.42 Å². The van der Waals surface area contributed by atoms with Crippen LogP contribution in [0.25, 0.3) is 0 Å². The Hall–Kier alpha value is -2.09. The number of amides is 2. The lowest BCUT2D eigenvalue weighted by Gasteiger charge is -2.22. The van der Waals surface area contributed by atoms with Gasteiger partial charge in [0.1, 0.15) is 5.75 Å². The van der Waals surface area contributed by atoms with Gasteiger partial charge in [0.25, 0.3) is 0 Å². The topological polar surface area (TPSA) is 92.8 Å². The van der Waals surface area contributed by atoms with Gasteiger partial charge >= 0.3 is 0 Å². The average molecular weight is 409 g/mol. The lowest BCUT2D eigenvalue weighted by atomic mass is 10.1. The second-order valence-corrected chi connectivity index (χ2v) is 9.89. The molecule has 1 aromatic rings. The van der Waals surface area contributed by atoms with Gasteiger partial charge < -0.3 is 15.0 Å². The molecule has 0 radical (unpaired) electrons. The SMILES string of the molecule is Cc1ccc(OCCCCNC(=O)[C@@H]2CC(=O)N([C@@H]3CCS(=O)(=O)C3)C2)cc1. The number of carbonyl (C=O) groups is 2. The molecule has 2 heterocycles. The summed E-state index contributed by atoms with van der Waals surface area (Å²) in [6, 6.07) is 7.62. The van der Waals surface area contributed by atoms with Crippen molar-refractivity contribution in [1.29, 1.82) is 0 Å². The first kappa shape index (κ1) is 20.6. The summed E-state index contributed by atoms with van der Waals surface area (Å²) in [5, 5.41) is 2.89. The van der Waals surface area contributed by atoms with E-state index in [1.165, 1.54) is 5.56 Å². The van der Waals surface area contributed by atoms with Crippen molar-refractivity contribution in [3.63, 3.8) is 0 Å². The molecular formula is C20H28N2O5S. The van der Waals surface area contributed by atoms with E-state index in [4.69, 9.17) is 4.74 Å². The number of carbonyl (C=O) groups excluding carboxylic acids is 2. The second-order valence-electron chi connectivity index (χ2n) is 7.66. The number of aryl methyl sites for hydroxylation is 1. The molecule has 2 amide bonds. The van der Waals surface area contributed by atoms with Crippen LogP contribution in [-0.2, 0) is 19.4 Å². The van der Waals surface area contributed by atoms with Crippen molar-refractivity contribution < 1.29 is 22.7 Å². The van der Waals surface area contributed by atoms with Gasteiger partial charge in [0.05, 0.1) is 24.0 Å². The summed E-state index contributed by atoms with van der Waals surface area (Å²) in [4.78, 5) is 26.1. The van der Waals surface area contributed by atoms with Crippen LogP contribution in [0.2, 0.25) is 0 Å². The third-order valence-electron chi connectivity index (χ3n) is 5.34. The second kappa shape index (κ2) is 8.94. The van der Waals surface area contributed by atoms with Gasteiger partial charge in [0.2, 0.25) is 11.8 Å². The molecule has 7 nitrogen and oxygen atoms in total. The van der Waals surface area contributed by atoms with E-state index in [-0.39, 0.29) is 41.7 Å². The number of hydrogen-bond acceptors (Lipinski definition) is 5. The smallest absolute Gasteiger partial charge is 0.225 e. The van der Waals surface area contributed by atoms with Crippen molar-refractivity contribution in [2.24, 2.45) is 5.92 Å². The Morgan fingerprint density at radius 3 is 2.68 bits per heavy atom. The van der Waals surface area contributed by atoms with Crippen LogP contribution >= 0.6 is 0 Å². The molecule has 3 rings (SSSR count). The fourth-order valence-electron chi connectivity index (χ4n) is 3.69. The van der Waals surface area contributed by atoms with E-state index in [2.05, 4.69) is 5.32 Å². The minimum atomic E-state index is -3.05. The monoisotopic (exact) mass is 408 g/mol. The van der Waals surface area contributed by atoms with Crippen LogP contribution in [0.1, 0.15) is 31.2 Å². The molecule has 2 aliphatic rings. The Labute approximate surface area is 166 Å². The largest absolute Gasteiger partial charge is 0.494 e. The van der Waals surface area contributed by atoms with Crippen LogP contribution < -0.4 is 10.1 Å². The maximum absolute atomic E-state index is 12.3. The van der Waals surface area contributed by atoms with E-state index in [1.807, 2.05) is 31.2 Å². The van der Waals surface area contributed by atoms with Gasteiger partial charge in [-0.3, -0.25) is 9.59 Å². The number of benzene rings is 1. The number of nitrogens with zero attached hydrogens (tertiary/aromatic N) is 1. The standard InChI is InChI=1S/C20H28N2O5S/c1-15-4-6-18(7-5-15)27-10-3-2-9-21-20(24)16-12-19(23)22(13-16)17-8-11-28(25,26)14-17/h4-7,16-17H,2-3,8-14H2,1H3,(H,21,24)/t16-,17-/m1/s1. The van der Waals surface area contributed by atoms with Gasteiger partial charge in [-0.2, -0.15) is 0 Å². The molecule has 28 heavy (non-hydrogen) atoms.